The van der Waals surface area contributed by atoms with E-state index in [0.29, 0.717) is 24.4 Å². The number of likely N-dealkylation sites (tertiary alicyclic amines) is 2. The molecule has 6 nitrogen and oxygen atoms in total. The number of amides is 3. The molecule has 3 aliphatic rings. The van der Waals surface area contributed by atoms with Gasteiger partial charge in [-0.1, -0.05) is 0 Å². The van der Waals surface area contributed by atoms with Gasteiger partial charge in [0.15, 0.2) is 0 Å². The van der Waals surface area contributed by atoms with Gasteiger partial charge in [-0.25, -0.2) is 4.79 Å². The molecular formula is C18H32N4O2. The van der Waals surface area contributed by atoms with E-state index in [0.717, 1.165) is 44.9 Å². The Balaban J connectivity index is 1.40. The lowest BCUT2D eigenvalue weighted by Gasteiger charge is -2.33. The molecule has 1 aliphatic carbocycles. The third-order valence-electron chi connectivity index (χ3n) is 5.83. The molecule has 2 aliphatic heterocycles. The predicted molar refractivity (Wildman–Crippen MR) is 93.7 cm³/mol. The quantitative estimate of drug-likeness (QED) is 0.847. The Morgan fingerprint density at radius 1 is 1.12 bits per heavy atom. The molecule has 0 aromatic carbocycles. The summed E-state index contributed by atoms with van der Waals surface area (Å²) in [4.78, 5) is 30.5. The lowest BCUT2D eigenvalue weighted by atomic mass is 9.93. The summed E-state index contributed by atoms with van der Waals surface area (Å²) in [5.41, 5.74) is 0. The van der Waals surface area contributed by atoms with Gasteiger partial charge >= 0.3 is 6.03 Å². The van der Waals surface area contributed by atoms with Crippen LogP contribution in [0, 0.1) is 5.92 Å². The molecule has 0 bridgehead atoms. The zero-order valence-corrected chi connectivity index (χ0v) is 15.3. The largest absolute Gasteiger partial charge is 0.349 e. The first kappa shape index (κ1) is 17.5. The monoisotopic (exact) mass is 336 g/mol. The second-order valence-corrected chi connectivity index (χ2v) is 8.08. The minimum absolute atomic E-state index is 0.0854. The van der Waals surface area contributed by atoms with Crippen LogP contribution in [0.25, 0.3) is 0 Å². The topological polar surface area (TPSA) is 55.9 Å². The number of hydrogen-bond acceptors (Lipinski definition) is 3. The van der Waals surface area contributed by atoms with Crippen LogP contribution in [0.3, 0.4) is 0 Å². The van der Waals surface area contributed by atoms with Crippen molar-refractivity contribution in [1.29, 1.82) is 0 Å². The molecular weight excluding hydrogens is 304 g/mol. The molecule has 0 aromatic rings. The standard InChI is InChI=1S/C18H32N4O2/c1-13-10-15(12-22(13)16-4-5-16)19-18(24)21-8-6-14(7-9-21)11-17(23)20(2)3/h13-16H,4-12H2,1-3H3,(H,19,24)/t13-,15+/m0/s1. The van der Waals surface area contributed by atoms with E-state index < -0.39 is 0 Å². The SMILES string of the molecule is C[C@H]1C[C@@H](NC(=O)N2CCC(CC(=O)N(C)C)CC2)CN1C1CC1. The zero-order valence-electron chi connectivity index (χ0n) is 15.3. The molecule has 0 aromatic heterocycles. The van der Waals surface area contributed by atoms with Gasteiger partial charge in [0.05, 0.1) is 0 Å². The summed E-state index contributed by atoms with van der Waals surface area (Å²) in [6.07, 6.45) is 6.19. The maximum atomic E-state index is 12.5. The average molecular weight is 336 g/mol. The highest BCUT2D eigenvalue weighted by Crippen LogP contribution is 2.33. The molecule has 24 heavy (non-hydrogen) atoms. The lowest BCUT2D eigenvalue weighted by molar-refractivity contribution is -0.129. The number of piperidine rings is 1. The van der Waals surface area contributed by atoms with Crippen LogP contribution in [-0.2, 0) is 4.79 Å². The second kappa shape index (κ2) is 7.30. The Morgan fingerprint density at radius 3 is 2.38 bits per heavy atom. The molecule has 0 radical (unpaired) electrons. The number of rotatable bonds is 4. The fourth-order valence-electron chi connectivity index (χ4n) is 4.11. The van der Waals surface area contributed by atoms with E-state index in [1.807, 2.05) is 4.90 Å². The van der Waals surface area contributed by atoms with E-state index in [4.69, 9.17) is 0 Å². The highest BCUT2D eigenvalue weighted by atomic mass is 16.2. The zero-order chi connectivity index (χ0) is 17.3. The summed E-state index contributed by atoms with van der Waals surface area (Å²) >= 11 is 0. The number of hydrogen-bond donors (Lipinski definition) is 1. The molecule has 2 saturated heterocycles. The molecule has 3 fully saturated rings. The van der Waals surface area contributed by atoms with E-state index in [-0.39, 0.29) is 11.9 Å². The predicted octanol–water partition coefficient (Wildman–Crippen LogP) is 1.51. The maximum Gasteiger partial charge on any atom is 0.317 e. The average Bonchev–Trinajstić information content (AvgIpc) is 3.32. The first-order valence-electron chi connectivity index (χ1n) is 9.45. The normalized spacial score (nSPS) is 28.9. The Labute approximate surface area is 145 Å². The van der Waals surface area contributed by atoms with Gasteiger partial charge in [-0.3, -0.25) is 9.69 Å². The van der Waals surface area contributed by atoms with Crippen molar-refractivity contribution in [3.05, 3.63) is 0 Å². The summed E-state index contributed by atoms with van der Waals surface area (Å²) < 4.78 is 0. The van der Waals surface area contributed by atoms with Crippen LogP contribution in [-0.4, -0.2) is 78.5 Å². The molecule has 6 heteroatoms. The van der Waals surface area contributed by atoms with Gasteiger partial charge in [-0.2, -0.15) is 0 Å². The Bertz CT molecular complexity index is 470. The summed E-state index contributed by atoms with van der Waals surface area (Å²) in [5, 5.41) is 3.24. The molecule has 1 N–H and O–H groups in total. The van der Waals surface area contributed by atoms with E-state index in [9.17, 15) is 9.59 Å². The lowest BCUT2D eigenvalue weighted by Crippen LogP contribution is -2.48. The van der Waals surface area contributed by atoms with Crippen LogP contribution in [0.5, 0.6) is 0 Å². The Hall–Kier alpha value is -1.30. The molecule has 2 heterocycles. The van der Waals surface area contributed by atoms with Crippen LogP contribution in [0.1, 0.15) is 45.4 Å². The number of nitrogens with zero attached hydrogens (tertiary/aromatic N) is 3. The Kier molecular flexibility index (Phi) is 5.33. The fraction of sp³-hybridized carbons (Fsp3) is 0.889. The van der Waals surface area contributed by atoms with Gasteiger partial charge < -0.3 is 15.1 Å². The fourth-order valence-corrected chi connectivity index (χ4v) is 4.11. The van der Waals surface area contributed by atoms with Gasteiger partial charge in [0, 0.05) is 58.3 Å². The second-order valence-electron chi connectivity index (χ2n) is 8.08. The molecule has 3 amide bonds. The van der Waals surface area contributed by atoms with Crippen molar-refractivity contribution in [1.82, 2.24) is 20.0 Å². The van der Waals surface area contributed by atoms with Crippen molar-refractivity contribution in [3.8, 4) is 0 Å². The minimum Gasteiger partial charge on any atom is -0.349 e. The van der Waals surface area contributed by atoms with Gasteiger partial charge in [0.2, 0.25) is 5.91 Å². The van der Waals surface area contributed by atoms with E-state index >= 15 is 0 Å². The summed E-state index contributed by atoms with van der Waals surface area (Å²) in [7, 11) is 3.61. The van der Waals surface area contributed by atoms with Gasteiger partial charge in [-0.05, 0) is 44.9 Å². The van der Waals surface area contributed by atoms with Crippen LogP contribution in [0.2, 0.25) is 0 Å². The summed E-state index contributed by atoms with van der Waals surface area (Å²) in [6, 6.07) is 1.74. The van der Waals surface area contributed by atoms with Crippen LogP contribution in [0.4, 0.5) is 4.79 Å². The van der Waals surface area contributed by atoms with E-state index in [2.05, 4.69) is 17.1 Å². The minimum atomic E-state index is 0.0854. The highest BCUT2D eigenvalue weighted by Gasteiger charge is 2.39. The number of urea groups is 1. The molecule has 3 rings (SSSR count). The third kappa shape index (κ3) is 4.21. The van der Waals surface area contributed by atoms with Crippen molar-refractivity contribution in [3.63, 3.8) is 0 Å². The molecule has 1 saturated carbocycles. The molecule has 136 valence electrons. The van der Waals surface area contributed by atoms with E-state index in [1.54, 1.807) is 19.0 Å². The van der Waals surface area contributed by atoms with Gasteiger partial charge in [-0.15, -0.1) is 0 Å². The van der Waals surface area contributed by atoms with Crippen molar-refractivity contribution in [2.75, 3.05) is 33.7 Å². The third-order valence-corrected chi connectivity index (χ3v) is 5.83. The van der Waals surface area contributed by atoms with Crippen molar-refractivity contribution >= 4 is 11.9 Å². The smallest absolute Gasteiger partial charge is 0.317 e. The van der Waals surface area contributed by atoms with Crippen molar-refractivity contribution in [2.24, 2.45) is 5.92 Å². The van der Waals surface area contributed by atoms with Gasteiger partial charge in [0.25, 0.3) is 0 Å². The molecule has 0 spiro atoms. The number of carbonyl (C=O) groups excluding carboxylic acids is 2. The van der Waals surface area contributed by atoms with E-state index in [1.165, 1.54) is 12.8 Å². The highest BCUT2D eigenvalue weighted by molar-refractivity contribution is 5.76. The number of nitrogens with one attached hydrogen (secondary N) is 1. The van der Waals surface area contributed by atoms with Crippen molar-refractivity contribution < 1.29 is 9.59 Å². The van der Waals surface area contributed by atoms with Crippen LogP contribution in [0.15, 0.2) is 0 Å². The Morgan fingerprint density at radius 2 is 1.79 bits per heavy atom. The first-order chi connectivity index (χ1) is 11.4. The molecule has 2 atom stereocenters. The number of carbonyl (C=O) groups is 2. The first-order valence-corrected chi connectivity index (χ1v) is 9.45. The van der Waals surface area contributed by atoms with Gasteiger partial charge in [0.1, 0.15) is 0 Å². The van der Waals surface area contributed by atoms with Crippen LogP contribution < -0.4 is 5.32 Å². The summed E-state index contributed by atoms with van der Waals surface area (Å²) in [6.45, 7) is 4.82. The van der Waals surface area contributed by atoms with Crippen LogP contribution >= 0.6 is 0 Å². The molecule has 0 unspecified atom stereocenters. The van der Waals surface area contributed by atoms with Crippen molar-refractivity contribution in [2.45, 2.75) is 63.6 Å². The summed E-state index contributed by atoms with van der Waals surface area (Å²) in [5.74, 6) is 0.610. The maximum absolute atomic E-state index is 12.5.